The summed E-state index contributed by atoms with van der Waals surface area (Å²) in [5.41, 5.74) is 3.51. The Kier molecular flexibility index (Phi) is 6.27. The van der Waals surface area contributed by atoms with E-state index in [9.17, 15) is 4.39 Å². The van der Waals surface area contributed by atoms with Crippen LogP contribution in [0, 0.1) is 12.7 Å². The minimum absolute atomic E-state index is 0.159. The Labute approximate surface area is 131 Å². The first-order valence-corrected chi connectivity index (χ1v) is 8.35. The molecule has 0 aliphatic heterocycles. The van der Waals surface area contributed by atoms with Gasteiger partial charge in [-0.25, -0.2) is 4.39 Å². The topological polar surface area (TPSA) is 12.0 Å². The van der Waals surface area contributed by atoms with Crippen LogP contribution in [0.3, 0.4) is 0 Å². The van der Waals surface area contributed by atoms with Crippen molar-refractivity contribution in [3.63, 3.8) is 0 Å². The van der Waals surface area contributed by atoms with Crippen molar-refractivity contribution in [2.45, 2.75) is 37.5 Å². The lowest BCUT2D eigenvalue weighted by Gasteiger charge is -2.07. The van der Waals surface area contributed by atoms with Crippen molar-refractivity contribution < 1.29 is 4.39 Å². The molecule has 0 saturated heterocycles. The number of benzene rings is 2. The lowest BCUT2D eigenvalue weighted by molar-refractivity contribution is 0.626. The van der Waals surface area contributed by atoms with Gasteiger partial charge in [-0.1, -0.05) is 25.1 Å². The van der Waals surface area contributed by atoms with Crippen LogP contribution in [0.2, 0.25) is 0 Å². The van der Waals surface area contributed by atoms with Gasteiger partial charge in [0.25, 0.3) is 0 Å². The summed E-state index contributed by atoms with van der Waals surface area (Å²) in [6.07, 6.45) is 1.15. The second kappa shape index (κ2) is 8.20. The summed E-state index contributed by atoms with van der Waals surface area (Å²) in [5, 5.41) is 3.39. The van der Waals surface area contributed by atoms with Crippen LogP contribution in [-0.4, -0.2) is 6.54 Å². The molecule has 2 aromatic rings. The first-order chi connectivity index (χ1) is 10.2. The molecule has 0 fully saturated rings. The SMILES string of the molecule is CCCNCc1ccc(SCc2cc(F)ccc2C)cc1. The molecule has 2 aromatic carbocycles. The fourth-order valence-corrected chi connectivity index (χ4v) is 3.03. The van der Waals surface area contributed by atoms with Gasteiger partial charge >= 0.3 is 0 Å². The molecule has 0 atom stereocenters. The maximum absolute atomic E-state index is 13.3. The van der Waals surface area contributed by atoms with Gasteiger partial charge < -0.3 is 5.32 Å². The molecule has 0 aliphatic carbocycles. The molecule has 21 heavy (non-hydrogen) atoms. The van der Waals surface area contributed by atoms with Crippen LogP contribution in [0.4, 0.5) is 4.39 Å². The second-order valence-electron chi connectivity index (χ2n) is 5.18. The molecular formula is C18H22FNS. The standard InChI is InChI=1S/C18H22FNS/c1-3-10-20-12-15-5-8-18(9-6-15)21-13-16-11-17(19)7-4-14(16)2/h4-9,11,20H,3,10,12-13H2,1-2H3. The zero-order chi connectivity index (χ0) is 15.1. The summed E-state index contributed by atoms with van der Waals surface area (Å²) in [7, 11) is 0. The van der Waals surface area contributed by atoms with E-state index in [-0.39, 0.29) is 5.82 Å². The number of halogens is 1. The second-order valence-corrected chi connectivity index (χ2v) is 6.23. The molecule has 1 N–H and O–H groups in total. The molecule has 0 bridgehead atoms. The average Bonchev–Trinajstić information content (AvgIpc) is 2.50. The predicted molar refractivity (Wildman–Crippen MR) is 89.1 cm³/mol. The fourth-order valence-electron chi connectivity index (χ4n) is 2.07. The third-order valence-electron chi connectivity index (χ3n) is 3.38. The number of nitrogens with one attached hydrogen (secondary N) is 1. The molecule has 0 aliphatic rings. The molecule has 0 aromatic heterocycles. The Hall–Kier alpha value is -1.32. The van der Waals surface area contributed by atoms with Gasteiger partial charge in [-0.15, -0.1) is 11.8 Å². The first kappa shape index (κ1) is 16.1. The van der Waals surface area contributed by atoms with Gasteiger partial charge in [-0.2, -0.15) is 0 Å². The Bertz CT molecular complexity index is 566. The molecule has 2 rings (SSSR count). The molecule has 112 valence electrons. The van der Waals surface area contributed by atoms with Gasteiger partial charge in [0.1, 0.15) is 5.82 Å². The molecule has 3 heteroatoms. The van der Waals surface area contributed by atoms with Crippen molar-refractivity contribution in [1.82, 2.24) is 5.32 Å². The van der Waals surface area contributed by atoms with Crippen LogP contribution in [0.25, 0.3) is 0 Å². The minimum atomic E-state index is -0.159. The van der Waals surface area contributed by atoms with Gasteiger partial charge in [0.05, 0.1) is 0 Å². The van der Waals surface area contributed by atoms with E-state index in [0.717, 1.165) is 36.4 Å². The lowest BCUT2D eigenvalue weighted by atomic mass is 10.1. The smallest absolute Gasteiger partial charge is 0.123 e. The van der Waals surface area contributed by atoms with Crippen LogP contribution < -0.4 is 5.32 Å². The zero-order valence-electron chi connectivity index (χ0n) is 12.7. The van der Waals surface area contributed by atoms with Gasteiger partial charge in [-0.05, 0) is 60.8 Å². The number of rotatable bonds is 7. The molecule has 0 heterocycles. The summed E-state index contributed by atoms with van der Waals surface area (Å²) < 4.78 is 13.3. The lowest BCUT2D eigenvalue weighted by Crippen LogP contribution is -2.13. The van der Waals surface area contributed by atoms with E-state index in [1.807, 2.05) is 13.0 Å². The van der Waals surface area contributed by atoms with E-state index >= 15 is 0 Å². The average molecular weight is 303 g/mol. The van der Waals surface area contributed by atoms with Crippen LogP contribution in [0.15, 0.2) is 47.4 Å². The van der Waals surface area contributed by atoms with Crippen LogP contribution >= 0.6 is 11.8 Å². The van der Waals surface area contributed by atoms with E-state index in [0.29, 0.717) is 0 Å². The van der Waals surface area contributed by atoms with Gasteiger partial charge in [0.15, 0.2) is 0 Å². The summed E-state index contributed by atoms with van der Waals surface area (Å²) in [4.78, 5) is 1.22. The number of aryl methyl sites for hydroxylation is 1. The highest BCUT2D eigenvalue weighted by molar-refractivity contribution is 7.98. The number of hydrogen-bond acceptors (Lipinski definition) is 2. The van der Waals surface area contributed by atoms with Gasteiger partial charge in [0.2, 0.25) is 0 Å². The number of hydrogen-bond donors (Lipinski definition) is 1. The van der Waals surface area contributed by atoms with Crippen molar-refractivity contribution in [3.8, 4) is 0 Å². The molecule has 0 saturated carbocycles. The van der Waals surface area contributed by atoms with Crippen LogP contribution in [0.1, 0.15) is 30.0 Å². The summed E-state index contributed by atoms with van der Waals surface area (Å²) >= 11 is 1.75. The van der Waals surface area contributed by atoms with Crippen molar-refractivity contribution in [1.29, 1.82) is 0 Å². The van der Waals surface area contributed by atoms with Crippen molar-refractivity contribution in [2.24, 2.45) is 0 Å². The van der Waals surface area contributed by atoms with Crippen LogP contribution in [0.5, 0.6) is 0 Å². The highest BCUT2D eigenvalue weighted by Crippen LogP contribution is 2.25. The molecule has 0 unspecified atom stereocenters. The molecular weight excluding hydrogens is 281 g/mol. The highest BCUT2D eigenvalue weighted by Gasteiger charge is 2.02. The summed E-state index contributed by atoms with van der Waals surface area (Å²) in [5.74, 6) is 0.644. The molecule has 0 radical (unpaired) electrons. The van der Waals surface area contributed by atoms with E-state index in [1.54, 1.807) is 17.8 Å². The van der Waals surface area contributed by atoms with Gasteiger partial charge in [-0.3, -0.25) is 0 Å². The largest absolute Gasteiger partial charge is 0.313 e. The maximum atomic E-state index is 13.3. The Morgan fingerprint density at radius 3 is 2.57 bits per heavy atom. The van der Waals surface area contributed by atoms with E-state index in [2.05, 4.69) is 36.5 Å². The molecule has 0 amide bonds. The Morgan fingerprint density at radius 2 is 1.86 bits per heavy atom. The monoisotopic (exact) mass is 303 g/mol. The van der Waals surface area contributed by atoms with E-state index in [1.165, 1.54) is 16.5 Å². The van der Waals surface area contributed by atoms with Crippen molar-refractivity contribution in [3.05, 3.63) is 65.0 Å². The Balaban J connectivity index is 1.90. The minimum Gasteiger partial charge on any atom is -0.313 e. The van der Waals surface area contributed by atoms with Gasteiger partial charge in [0, 0.05) is 17.2 Å². The molecule has 0 spiro atoms. The Morgan fingerprint density at radius 1 is 1.10 bits per heavy atom. The molecule has 1 nitrogen and oxygen atoms in total. The number of thioether (sulfide) groups is 1. The predicted octanol–water partition coefficient (Wildman–Crippen LogP) is 4.93. The summed E-state index contributed by atoms with van der Waals surface area (Å²) in [6.45, 7) is 6.16. The normalized spacial score (nSPS) is 10.8. The third-order valence-corrected chi connectivity index (χ3v) is 4.45. The third kappa shape index (κ3) is 5.18. The fraction of sp³-hybridized carbons (Fsp3) is 0.333. The van der Waals surface area contributed by atoms with Crippen molar-refractivity contribution >= 4 is 11.8 Å². The maximum Gasteiger partial charge on any atom is 0.123 e. The van der Waals surface area contributed by atoms with Crippen LogP contribution in [-0.2, 0) is 12.3 Å². The van der Waals surface area contributed by atoms with E-state index < -0.39 is 0 Å². The van der Waals surface area contributed by atoms with E-state index in [4.69, 9.17) is 0 Å². The quantitative estimate of drug-likeness (QED) is 0.575. The highest BCUT2D eigenvalue weighted by atomic mass is 32.2. The van der Waals surface area contributed by atoms with Crippen molar-refractivity contribution in [2.75, 3.05) is 6.54 Å². The zero-order valence-corrected chi connectivity index (χ0v) is 13.5. The summed E-state index contributed by atoms with van der Waals surface area (Å²) in [6, 6.07) is 13.6. The first-order valence-electron chi connectivity index (χ1n) is 7.36.